The van der Waals surface area contributed by atoms with Gasteiger partial charge in [0.15, 0.2) is 0 Å². The fourth-order valence-corrected chi connectivity index (χ4v) is 1.94. The van der Waals surface area contributed by atoms with Crippen LogP contribution in [-0.2, 0) is 4.74 Å². The third kappa shape index (κ3) is 9.13. The summed E-state index contributed by atoms with van der Waals surface area (Å²) in [6, 6.07) is 0. The molecule has 3 rings (SSSR count). The van der Waals surface area contributed by atoms with Gasteiger partial charge < -0.3 is 15.4 Å². The summed E-state index contributed by atoms with van der Waals surface area (Å²) in [5.41, 5.74) is 0. The Balaban J connectivity index is 0.000000121. The SMILES string of the molecule is C1CCNC1.C1CCNCC1.C1CCOC1. The van der Waals surface area contributed by atoms with E-state index in [2.05, 4.69) is 10.6 Å². The van der Waals surface area contributed by atoms with Gasteiger partial charge in [0.25, 0.3) is 0 Å². The zero-order chi connectivity index (χ0) is 11.3. The summed E-state index contributed by atoms with van der Waals surface area (Å²) in [7, 11) is 0. The lowest BCUT2D eigenvalue weighted by atomic mass is 10.2. The van der Waals surface area contributed by atoms with Gasteiger partial charge in [-0.2, -0.15) is 0 Å². The summed E-state index contributed by atoms with van der Waals surface area (Å²) in [5, 5.41) is 6.51. The van der Waals surface area contributed by atoms with Crippen molar-refractivity contribution in [3.8, 4) is 0 Å². The molecule has 0 radical (unpaired) electrons. The van der Waals surface area contributed by atoms with Gasteiger partial charge in [0, 0.05) is 13.2 Å². The molecule has 0 saturated carbocycles. The maximum atomic E-state index is 4.94. The van der Waals surface area contributed by atoms with Gasteiger partial charge in [0.1, 0.15) is 0 Å². The molecule has 0 aliphatic carbocycles. The second-order valence-corrected chi connectivity index (χ2v) is 4.59. The van der Waals surface area contributed by atoms with Crippen LogP contribution in [0.5, 0.6) is 0 Å². The van der Waals surface area contributed by atoms with Crippen molar-refractivity contribution < 1.29 is 4.74 Å². The molecule has 0 unspecified atom stereocenters. The van der Waals surface area contributed by atoms with Crippen molar-refractivity contribution in [3.63, 3.8) is 0 Å². The predicted octanol–water partition coefficient (Wildman–Crippen LogP) is 1.93. The summed E-state index contributed by atoms with van der Waals surface area (Å²) in [5.74, 6) is 0. The molecule has 3 nitrogen and oxygen atoms in total. The van der Waals surface area contributed by atoms with Gasteiger partial charge in [-0.05, 0) is 64.7 Å². The van der Waals surface area contributed by atoms with Gasteiger partial charge >= 0.3 is 0 Å². The zero-order valence-corrected chi connectivity index (χ0v) is 10.6. The van der Waals surface area contributed by atoms with Crippen LogP contribution in [0.15, 0.2) is 0 Å². The first kappa shape index (κ1) is 13.9. The van der Waals surface area contributed by atoms with Crippen LogP contribution in [0, 0.1) is 0 Å². The van der Waals surface area contributed by atoms with Crippen LogP contribution in [0.25, 0.3) is 0 Å². The first-order valence-electron chi connectivity index (χ1n) is 6.99. The zero-order valence-electron chi connectivity index (χ0n) is 10.6. The van der Waals surface area contributed by atoms with Gasteiger partial charge in [-0.3, -0.25) is 0 Å². The van der Waals surface area contributed by atoms with Crippen molar-refractivity contribution in [3.05, 3.63) is 0 Å². The summed E-state index contributed by atoms with van der Waals surface area (Å²) in [6.07, 6.45) is 9.55. The molecular formula is C13H28N2O. The largest absolute Gasteiger partial charge is 0.381 e. The van der Waals surface area contributed by atoms with Gasteiger partial charge in [0.05, 0.1) is 0 Å². The molecule has 96 valence electrons. The molecule has 0 bridgehead atoms. The Kier molecular flexibility index (Phi) is 9.91. The number of rotatable bonds is 0. The second-order valence-electron chi connectivity index (χ2n) is 4.59. The number of piperidine rings is 1. The molecule has 2 N–H and O–H groups in total. The molecule has 0 spiro atoms. The quantitative estimate of drug-likeness (QED) is 0.664. The normalized spacial score (nSPS) is 24.0. The van der Waals surface area contributed by atoms with E-state index in [0.717, 1.165) is 13.2 Å². The number of hydrogen-bond acceptors (Lipinski definition) is 3. The minimum absolute atomic E-state index is 1.00. The lowest BCUT2D eigenvalue weighted by Gasteiger charge is -2.08. The van der Waals surface area contributed by atoms with Crippen LogP contribution in [0.4, 0.5) is 0 Å². The van der Waals surface area contributed by atoms with E-state index in [-0.39, 0.29) is 0 Å². The van der Waals surface area contributed by atoms with Crippen LogP contribution in [0.1, 0.15) is 44.9 Å². The fourth-order valence-electron chi connectivity index (χ4n) is 1.94. The Morgan fingerprint density at radius 1 is 0.500 bits per heavy atom. The van der Waals surface area contributed by atoms with Crippen LogP contribution in [0.2, 0.25) is 0 Å². The van der Waals surface area contributed by atoms with Crippen molar-refractivity contribution in [1.29, 1.82) is 0 Å². The Hall–Kier alpha value is -0.120. The molecule has 0 atom stereocenters. The van der Waals surface area contributed by atoms with Gasteiger partial charge in [0.2, 0.25) is 0 Å². The van der Waals surface area contributed by atoms with E-state index in [1.54, 1.807) is 0 Å². The van der Waals surface area contributed by atoms with Gasteiger partial charge in [-0.15, -0.1) is 0 Å². The molecule has 0 aromatic rings. The highest BCUT2D eigenvalue weighted by atomic mass is 16.5. The van der Waals surface area contributed by atoms with Crippen molar-refractivity contribution in [2.75, 3.05) is 39.4 Å². The molecule has 0 amide bonds. The summed E-state index contributed by atoms with van der Waals surface area (Å²) < 4.78 is 4.94. The summed E-state index contributed by atoms with van der Waals surface area (Å²) >= 11 is 0. The Labute approximate surface area is 100 Å². The minimum Gasteiger partial charge on any atom is -0.381 e. The van der Waals surface area contributed by atoms with Crippen molar-refractivity contribution in [2.24, 2.45) is 0 Å². The first-order valence-corrected chi connectivity index (χ1v) is 6.99. The van der Waals surface area contributed by atoms with Gasteiger partial charge in [-0.1, -0.05) is 6.42 Å². The fraction of sp³-hybridized carbons (Fsp3) is 1.00. The van der Waals surface area contributed by atoms with E-state index in [4.69, 9.17) is 4.74 Å². The summed E-state index contributed by atoms with van der Waals surface area (Å²) in [4.78, 5) is 0. The standard InChI is InChI=1S/C5H11N.C4H9N.C4H8O/c1-2-4-6-5-3-1;2*1-2-4-5-3-1/h6H,1-5H2;5H,1-4H2;1-4H2. The van der Waals surface area contributed by atoms with E-state index in [1.165, 1.54) is 71.1 Å². The molecule has 3 aliphatic rings. The van der Waals surface area contributed by atoms with Gasteiger partial charge in [-0.25, -0.2) is 0 Å². The highest BCUT2D eigenvalue weighted by molar-refractivity contribution is 4.56. The van der Waals surface area contributed by atoms with Crippen molar-refractivity contribution >= 4 is 0 Å². The van der Waals surface area contributed by atoms with E-state index >= 15 is 0 Å². The van der Waals surface area contributed by atoms with Crippen LogP contribution >= 0.6 is 0 Å². The third-order valence-corrected chi connectivity index (χ3v) is 2.99. The highest BCUT2D eigenvalue weighted by Gasteiger charge is 1.95. The monoisotopic (exact) mass is 228 g/mol. The Morgan fingerprint density at radius 2 is 0.938 bits per heavy atom. The van der Waals surface area contributed by atoms with E-state index in [9.17, 15) is 0 Å². The second kappa shape index (κ2) is 11.4. The average molecular weight is 228 g/mol. The third-order valence-electron chi connectivity index (χ3n) is 2.99. The smallest absolute Gasteiger partial charge is 0.0466 e. The first-order chi connectivity index (χ1) is 8.00. The minimum atomic E-state index is 1.00. The molecule has 3 aliphatic heterocycles. The Morgan fingerprint density at radius 3 is 1.12 bits per heavy atom. The average Bonchev–Trinajstić information content (AvgIpc) is 3.10. The maximum absolute atomic E-state index is 4.94. The molecule has 3 saturated heterocycles. The highest BCUT2D eigenvalue weighted by Crippen LogP contribution is 1.98. The van der Waals surface area contributed by atoms with Crippen molar-refractivity contribution in [2.45, 2.75) is 44.9 Å². The summed E-state index contributed by atoms with van der Waals surface area (Å²) in [6.45, 7) is 7.00. The number of hydrogen-bond donors (Lipinski definition) is 2. The molecule has 3 heterocycles. The van der Waals surface area contributed by atoms with E-state index in [1.807, 2.05) is 0 Å². The van der Waals surface area contributed by atoms with Crippen LogP contribution in [-0.4, -0.2) is 39.4 Å². The topological polar surface area (TPSA) is 33.3 Å². The van der Waals surface area contributed by atoms with Crippen LogP contribution < -0.4 is 10.6 Å². The number of ether oxygens (including phenoxy) is 1. The van der Waals surface area contributed by atoms with E-state index in [0.29, 0.717) is 0 Å². The molecule has 0 aromatic carbocycles. The lowest BCUT2D eigenvalue weighted by molar-refractivity contribution is 0.198. The van der Waals surface area contributed by atoms with Crippen molar-refractivity contribution in [1.82, 2.24) is 10.6 Å². The molecule has 0 aromatic heterocycles. The number of nitrogens with one attached hydrogen (secondary N) is 2. The Bertz CT molecular complexity index is 93.2. The molecule has 3 heteroatoms. The molecular weight excluding hydrogens is 200 g/mol. The van der Waals surface area contributed by atoms with E-state index < -0.39 is 0 Å². The lowest BCUT2D eigenvalue weighted by Crippen LogP contribution is -2.21. The molecule has 3 fully saturated rings. The predicted molar refractivity (Wildman–Crippen MR) is 68.9 cm³/mol. The maximum Gasteiger partial charge on any atom is 0.0466 e. The molecule has 16 heavy (non-hydrogen) atoms. The van der Waals surface area contributed by atoms with Crippen LogP contribution in [0.3, 0.4) is 0 Å².